The van der Waals surface area contributed by atoms with E-state index in [4.69, 9.17) is 4.74 Å². The Bertz CT molecular complexity index is 331. The van der Waals surface area contributed by atoms with E-state index in [0.29, 0.717) is 18.4 Å². The van der Waals surface area contributed by atoms with Gasteiger partial charge in [0, 0.05) is 6.42 Å². The van der Waals surface area contributed by atoms with Crippen LogP contribution >= 0.6 is 0 Å². The largest absolute Gasteiger partial charge is 0.466 e. The van der Waals surface area contributed by atoms with E-state index < -0.39 is 17.7 Å². The number of esters is 1. The van der Waals surface area contributed by atoms with Gasteiger partial charge < -0.3 is 9.47 Å². The average molecular weight is 196 g/mol. The Morgan fingerprint density at radius 2 is 2.43 bits per heavy atom. The molecule has 76 valence electrons. The number of hydrogen-bond donors (Lipinski definition) is 0. The van der Waals surface area contributed by atoms with E-state index in [1.165, 1.54) is 7.11 Å². The van der Waals surface area contributed by atoms with Crippen LogP contribution in [0.2, 0.25) is 0 Å². The second-order valence-corrected chi connectivity index (χ2v) is 3.81. The molecular formula is C10H12O4. The maximum absolute atomic E-state index is 11.4. The summed E-state index contributed by atoms with van der Waals surface area (Å²) in [4.78, 5) is 22.7. The molecule has 4 nitrogen and oxygen atoms in total. The van der Waals surface area contributed by atoms with Crippen molar-refractivity contribution >= 4 is 11.8 Å². The molecule has 2 atom stereocenters. The highest BCUT2D eigenvalue weighted by atomic mass is 16.5. The van der Waals surface area contributed by atoms with Crippen molar-refractivity contribution in [1.29, 1.82) is 0 Å². The number of Topliss-reactive ketones (excluding diaryl/α,β-unsaturated/α-hetero) is 1. The molecule has 0 aromatic heterocycles. The van der Waals surface area contributed by atoms with Crippen molar-refractivity contribution < 1.29 is 19.1 Å². The Morgan fingerprint density at radius 1 is 1.71 bits per heavy atom. The summed E-state index contributed by atoms with van der Waals surface area (Å²) < 4.78 is 10.1. The summed E-state index contributed by atoms with van der Waals surface area (Å²) in [5.74, 6) is -0.355. The monoisotopic (exact) mass is 196 g/mol. The van der Waals surface area contributed by atoms with Gasteiger partial charge in [-0.2, -0.15) is 0 Å². The molecule has 0 aliphatic carbocycles. The van der Waals surface area contributed by atoms with Gasteiger partial charge in [0.25, 0.3) is 0 Å². The number of carbonyl (C=O) groups excluding carboxylic acids is 2. The molecule has 0 N–H and O–H groups in total. The Kier molecular flexibility index (Phi) is 1.96. The smallest absolute Gasteiger partial charge is 0.336 e. The first-order valence-corrected chi connectivity index (χ1v) is 4.58. The topological polar surface area (TPSA) is 52.6 Å². The number of methoxy groups -OCH3 is 1. The third-order valence-corrected chi connectivity index (χ3v) is 2.85. The molecule has 4 heteroatoms. The number of rotatable bonds is 1. The minimum atomic E-state index is -0.619. The number of fused-ring (bicyclic) bond motifs is 2. The summed E-state index contributed by atoms with van der Waals surface area (Å²) in [6.45, 7) is 1.82. The lowest BCUT2D eigenvalue weighted by Gasteiger charge is -2.30. The van der Waals surface area contributed by atoms with Crippen LogP contribution in [0.15, 0.2) is 11.6 Å². The highest BCUT2D eigenvalue weighted by Gasteiger charge is 2.48. The zero-order chi connectivity index (χ0) is 10.3. The lowest BCUT2D eigenvalue weighted by Crippen LogP contribution is -2.39. The van der Waals surface area contributed by atoms with E-state index in [9.17, 15) is 9.59 Å². The van der Waals surface area contributed by atoms with E-state index >= 15 is 0 Å². The van der Waals surface area contributed by atoms with Crippen LogP contribution in [-0.4, -0.2) is 30.6 Å². The molecule has 0 aromatic rings. The van der Waals surface area contributed by atoms with Gasteiger partial charge in [-0.05, 0) is 19.4 Å². The van der Waals surface area contributed by atoms with Crippen molar-refractivity contribution in [3.63, 3.8) is 0 Å². The van der Waals surface area contributed by atoms with Crippen LogP contribution in [0.5, 0.6) is 0 Å². The zero-order valence-corrected chi connectivity index (χ0v) is 8.20. The SMILES string of the molecule is COC(=O)C1=C[C@H]2O[C@]1(C)CCC2=O. The highest BCUT2D eigenvalue weighted by molar-refractivity contribution is 5.96. The quantitative estimate of drug-likeness (QED) is 0.576. The van der Waals surface area contributed by atoms with Crippen LogP contribution in [0.3, 0.4) is 0 Å². The van der Waals surface area contributed by atoms with Crippen LogP contribution in [0.25, 0.3) is 0 Å². The van der Waals surface area contributed by atoms with E-state index in [1.807, 2.05) is 6.92 Å². The van der Waals surface area contributed by atoms with Crippen molar-refractivity contribution in [3.8, 4) is 0 Å². The van der Waals surface area contributed by atoms with Crippen molar-refractivity contribution in [1.82, 2.24) is 0 Å². The Hall–Kier alpha value is -1.16. The molecule has 0 aromatic carbocycles. The van der Waals surface area contributed by atoms with E-state index in [-0.39, 0.29) is 5.78 Å². The van der Waals surface area contributed by atoms with Crippen molar-refractivity contribution in [3.05, 3.63) is 11.6 Å². The third kappa shape index (κ3) is 1.18. The number of carbonyl (C=O) groups is 2. The van der Waals surface area contributed by atoms with Gasteiger partial charge in [0.05, 0.1) is 18.3 Å². The number of hydrogen-bond acceptors (Lipinski definition) is 4. The molecule has 2 bridgehead atoms. The molecule has 14 heavy (non-hydrogen) atoms. The van der Waals surface area contributed by atoms with E-state index in [2.05, 4.69) is 4.74 Å². The van der Waals surface area contributed by atoms with Gasteiger partial charge in [0.2, 0.25) is 0 Å². The van der Waals surface area contributed by atoms with Crippen LogP contribution < -0.4 is 0 Å². The Morgan fingerprint density at radius 3 is 3.00 bits per heavy atom. The minimum Gasteiger partial charge on any atom is -0.466 e. The number of ketones is 1. The van der Waals surface area contributed by atoms with Crippen molar-refractivity contribution in [2.24, 2.45) is 0 Å². The molecule has 2 rings (SSSR count). The normalized spacial score (nSPS) is 35.4. The van der Waals surface area contributed by atoms with Crippen LogP contribution in [0.1, 0.15) is 19.8 Å². The molecule has 0 spiro atoms. The lowest BCUT2D eigenvalue weighted by molar-refractivity contribution is -0.147. The highest BCUT2D eigenvalue weighted by Crippen LogP contribution is 2.39. The molecule has 0 amide bonds. The van der Waals surface area contributed by atoms with Crippen LogP contribution in [-0.2, 0) is 19.1 Å². The Labute approximate surface area is 81.9 Å². The summed E-state index contributed by atoms with van der Waals surface area (Å²) in [6.07, 6.45) is 2.07. The fourth-order valence-corrected chi connectivity index (χ4v) is 1.96. The standard InChI is InChI=1S/C10H12O4/c1-10-4-3-7(11)8(14-10)5-6(10)9(12)13-2/h5,8H,3-4H2,1-2H3/t8-,10-/m1/s1. The maximum atomic E-state index is 11.4. The third-order valence-electron chi connectivity index (χ3n) is 2.85. The first-order valence-electron chi connectivity index (χ1n) is 4.58. The molecule has 0 saturated carbocycles. The molecule has 1 fully saturated rings. The molecule has 2 heterocycles. The summed E-state index contributed by atoms with van der Waals surface area (Å²) in [7, 11) is 1.33. The van der Waals surface area contributed by atoms with Gasteiger partial charge >= 0.3 is 5.97 Å². The fraction of sp³-hybridized carbons (Fsp3) is 0.600. The van der Waals surface area contributed by atoms with Crippen LogP contribution in [0.4, 0.5) is 0 Å². The number of ether oxygens (including phenoxy) is 2. The van der Waals surface area contributed by atoms with E-state index in [0.717, 1.165) is 0 Å². The maximum Gasteiger partial charge on any atom is 0.336 e. The van der Waals surface area contributed by atoms with Gasteiger partial charge in [-0.1, -0.05) is 0 Å². The second kappa shape index (κ2) is 2.92. The molecule has 0 radical (unpaired) electrons. The molecule has 2 aliphatic rings. The summed E-state index contributed by atoms with van der Waals surface area (Å²) in [5.41, 5.74) is -0.137. The van der Waals surface area contributed by atoms with Crippen molar-refractivity contribution in [2.75, 3.05) is 7.11 Å². The predicted octanol–water partition coefficient (Wildman–Crippen LogP) is 0.606. The summed E-state index contributed by atoms with van der Waals surface area (Å²) in [5, 5.41) is 0. The minimum absolute atomic E-state index is 0.0429. The van der Waals surface area contributed by atoms with Crippen LogP contribution in [0, 0.1) is 0 Å². The molecular weight excluding hydrogens is 184 g/mol. The molecule has 2 aliphatic heterocycles. The molecule has 0 unspecified atom stereocenters. The van der Waals surface area contributed by atoms with Gasteiger partial charge in [0.1, 0.15) is 6.10 Å². The second-order valence-electron chi connectivity index (χ2n) is 3.81. The van der Waals surface area contributed by atoms with Gasteiger partial charge in [0.15, 0.2) is 5.78 Å². The average Bonchev–Trinajstić information content (AvgIpc) is 2.46. The summed E-state index contributed by atoms with van der Waals surface area (Å²) in [6, 6.07) is 0. The van der Waals surface area contributed by atoms with Crippen molar-refractivity contribution in [2.45, 2.75) is 31.5 Å². The zero-order valence-electron chi connectivity index (χ0n) is 8.20. The molecule has 1 saturated heterocycles. The van der Waals surface area contributed by atoms with Gasteiger partial charge in [-0.3, -0.25) is 4.79 Å². The fourth-order valence-electron chi connectivity index (χ4n) is 1.96. The van der Waals surface area contributed by atoms with Gasteiger partial charge in [-0.25, -0.2) is 4.79 Å². The Balaban J connectivity index is 2.34. The first-order chi connectivity index (χ1) is 6.57. The first kappa shape index (κ1) is 9.40. The lowest BCUT2D eigenvalue weighted by atomic mass is 9.91. The van der Waals surface area contributed by atoms with Gasteiger partial charge in [-0.15, -0.1) is 0 Å². The predicted molar refractivity (Wildman–Crippen MR) is 47.6 cm³/mol. The summed E-state index contributed by atoms with van der Waals surface area (Å²) >= 11 is 0. The van der Waals surface area contributed by atoms with E-state index in [1.54, 1.807) is 6.08 Å².